The van der Waals surface area contributed by atoms with Crippen LogP contribution >= 0.6 is 11.8 Å². The zero-order valence-corrected chi connectivity index (χ0v) is 19.5. The van der Waals surface area contributed by atoms with Crippen molar-refractivity contribution >= 4 is 52.0 Å². The average Bonchev–Trinajstić information content (AvgIpc) is 3.57. The van der Waals surface area contributed by atoms with E-state index < -0.39 is 5.25 Å². The number of thioether (sulfide) groups is 1. The number of para-hydroxylation sites is 2. The number of hydrogen-bond donors (Lipinski definition) is 1. The Labute approximate surface area is 205 Å². The molecule has 174 valence electrons. The van der Waals surface area contributed by atoms with Crippen LogP contribution in [0, 0.1) is 5.92 Å². The standard InChI is InChI=1S/C27H21N3O4S/c31-24-15-23(35-20-13-9-18(10-14-20)28-25(32)16-5-6-16)27(33)30(24)19-11-7-17(8-12-19)26-29-21-3-1-2-4-22(21)34-26/h1-4,7-14,16,23H,5-6,15H2,(H,28,32). The lowest BCUT2D eigenvalue weighted by Gasteiger charge is -2.15. The Bertz CT molecular complexity index is 1410. The number of imide groups is 1. The SMILES string of the molecule is O=C(Nc1ccc(SC2CC(=O)N(c3ccc(-c4nc5ccccc5o4)cc3)C2=O)cc1)C1CC1. The molecule has 0 spiro atoms. The minimum Gasteiger partial charge on any atom is -0.436 e. The first-order chi connectivity index (χ1) is 17.0. The first kappa shape index (κ1) is 21.6. The van der Waals surface area contributed by atoms with Gasteiger partial charge < -0.3 is 9.73 Å². The van der Waals surface area contributed by atoms with E-state index in [2.05, 4.69) is 10.3 Å². The zero-order valence-electron chi connectivity index (χ0n) is 18.6. The third-order valence-electron chi connectivity index (χ3n) is 6.12. The van der Waals surface area contributed by atoms with Gasteiger partial charge in [0.2, 0.25) is 23.6 Å². The maximum absolute atomic E-state index is 13.1. The van der Waals surface area contributed by atoms with Crippen LogP contribution in [0.5, 0.6) is 0 Å². The van der Waals surface area contributed by atoms with Crippen molar-refractivity contribution < 1.29 is 18.8 Å². The lowest BCUT2D eigenvalue weighted by Crippen LogP contribution is -2.31. The molecule has 1 saturated carbocycles. The van der Waals surface area contributed by atoms with E-state index >= 15 is 0 Å². The van der Waals surface area contributed by atoms with Crippen LogP contribution < -0.4 is 10.2 Å². The number of nitrogens with zero attached hydrogens (tertiary/aromatic N) is 2. The van der Waals surface area contributed by atoms with Crippen LogP contribution in [0.15, 0.2) is 82.1 Å². The summed E-state index contributed by atoms with van der Waals surface area (Å²) in [6, 6.07) is 22.0. The zero-order chi connectivity index (χ0) is 23.9. The smallest absolute Gasteiger partial charge is 0.247 e. The molecule has 1 saturated heterocycles. The molecule has 35 heavy (non-hydrogen) atoms. The Morgan fingerprint density at radius 2 is 1.71 bits per heavy atom. The van der Waals surface area contributed by atoms with Crippen molar-refractivity contribution in [3.8, 4) is 11.5 Å². The maximum atomic E-state index is 13.1. The lowest BCUT2D eigenvalue weighted by molar-refractivity contribution is -0.121. The Balaban J connectivity index is 1.14. The number of oxazole rings is 1. The third kappa shape index (κ3) is 4.33. The molecule has 1 unspecified atom stereocenters. The van der Waals surface area contributed by atoms with Gasteiger partial charge in [0.25, 0.3) is 0 Å². The number of benzene rings is 3. The van der Waals surface area contributed by atoms with Crippen LogP contribution in [0.2, 0.25) is 0 Å². The maximum Gasteiger partial charge on any atom is 0.247 e. The van der Waals surface area contributed by atoms with Gasteiger partial charge in [-0.05, 0) is 73.5 Å². The highest BCUT2D eigenvalue weighted by Gasteiger charge is 2.40. The van der Waals surface area contributed by atoms with Crippen molar-refractivity contribution in [2.75, 3.05) is 10.2 Å². The van der Waals surface area contributed by atoms with E-state index in [1.54, 1.807) is 24.3 Å². The number of aromatic nitrogens is 1. The Hall–Kier alpha value is -3.91. The van der Waals surface area contributed by atoms with E-state index in [1.165, 1.54) is 16.7 Å². The van der Waals surface area contributed by atoms with Gasteiger partial charge in [-0.3, -0.25) is 14.4 Å². The molecule has 0 radical (unpaired) electrons. The molecule has 1 aliphatic carbocycles. The normalized spacial score (nSPS) is 17.8. The summed E-state index contributed by atoms with van der Waals surface area (Å²) < 4.78 is 5.80. The van der Waals surface area contributed by atoms with E-state index in [1.807, 2.05) is 48.5 Å². The average molecular weight is 484 g/mol. The lowest BCUT2D eigenvalue weighted by atomic mass is 10.2. The number of fused-ring (bicyclic) bond motifs is 1. The van der Waals surface area contributed by atoms with Gasteiger partial charge in [-0.2, -0.15) is 0 Å². The van der Waals surface area contributed by atoms with Gasteiger partial charge >= 0.3 is 0 Å². The van der Waals surface area contributed by atoms with Gasteiger partial charge in [0.1, 0.15) is 5.52 Å². The minimum absolute atomic E-state index is 0.0553. The van der Waals surface area contributed by atoms with Crippen LogP contribution in [0.3, 0.4) is 0 Å². The highest BCUT2D eigenvalue weighted by Crippen LogP contribution is 2.36. The number of anilines is 2. The summed E-state index contributed by atoms with van der Waals surface area (Å²) in [4.78, 5) is 44.3. The Morgan fingerprint density at radius 3 is 2.43 bits per heavy atom. The van der Waals surface area contributed by atoms with Crippen molar-refractivity contribution in [2.24, 2.45) is 5.92 Å². The fraction of sp³-hybridized carbons (Fsp3) is 0.185. The summed E-state index contributed by atoms with van der Waals surface area (Å²) in [5, 5.41) is 2.41. The quantitative estimate of drug-likeness (QED) is 0.376. The van der Waals surface area contributed by atoms with Crippen molar-refractivity contribution in [3.05, 3.63) is 72.8 Å². The first-order valence-electron chi connectivity index (χ1n) is 11.5. The number of carbonyl (C=O) groups is 3. The van der Waals surface area contributed by atoms with E-state index in [9.17, 15) is 14.4 Å². The predicted octanol–water partition coefficient (Wildman–Crippen LogP) is 5.27. The topological polar surface area (TPSA) is 92.5 Å². The van der Waals surface area contributed by atoms with Crippen molar-refractivity contribution in [1.82, 2.24) is 4.98 Å². The number of carbonyl (C=O) groups excluding carboxylic acids is 3. The molecular formula is C27H21N3O4S. The highest BCUT2D eigenvalue weighted by atomic mass is 32.2. The van der Waals surface area contributed by atoms with Gasteiger partial charge in [-0.1, -0.05) is 12.1 Å². The third-order valence-corrected chi connectivity index (χ3v) is 7.32. The molecule has 3 amide bonds. The molecule has 1 atom stereocenters. The second-order valence-electron chi connectivity index (χ2n) is 8.70. The highest BCUT2D eigenvalue weighted by molar-refractivity contribution is 8.00. The second-order valence-corrected chi connectivity index (χ2v) is 9.98. The molecule has 8 heteroatoms. The fourth-order valence-corrected chi connectivity index (χ4v) is 5.14. The van der Waals surface area contributed by atoms with Gasteiger partial charge in [-0.15, -0.1) is 11.8 Å². The van der Waals surface area contributed by atoms with Crippen LogP contribution in [0.1, 0.15) is 19.3 Å². The van der Waals surface area contributed by atoms with Gasteiger partial charge in [0, 0.05) is 28.5 Å². The van der Waals surface area contributed by atoms with Crippen LogP contribution in [0.25, 0.3) is 22.6 Å². The number of hydrogen-bond acceptors (Lipinski definition) is 6. The summed E-state index contributed by atoms with van der Waals surface area (Å²) in [5.74, 6) is 0.221. The van der Waals surface area contributed by atoms with Crippen LogP contribution in [-0.2, 0) is 14.4 Å². The summed E-state index contributed by atoms with van der Waals surface area (Å²) in [6.07, 6.45) is 2.04. The summed E-state index contributed by atoms with van der Waals surface area (Å²) >= 11 is 1.36. The van der Waals surface area contributed by atoms with E-state index in [-0.39, 0.29) is 30.1 Å². The van der Waals surface area contributed by atoms with Crippen molar-refractivity contribution in [3.63, 3.8) is 0 Å². The van der Waals surface area contributed by atoms with Crippen molar-refractivity contribution in [1.29, 1.82) is 0 Å². The van der Waals surface area contributed by atoms with Crippen molar-refractivity contribution in [2.45, 2.75) is 29.4 Å². The second kappa shape index (κ2) is 8.70. The molecule has 2 aliphatic rings. The Morgan fingerprint density at radius 1 is 0.971 bits per heavy atom. The van der Waals surface area contributed by atoms with Crippen LogP contribution in [-0.4, -0.2) is 28.0 Å². The molecular weight excluding hydrogens is 462 g/mol. The number of rotatable bonds is 6. The molecule has 7 nitrogen and oxygen atoms in total. The molecule has 1 N–H and O–H groups in total. The van der Waals surface area contributed by atoms with E-state index in [0.717, 1.165) is 34.5 Å². The Kier molecular flexibility index (Phi) is 5.37. The number of amides is 3. The van der Waals surface area contributed by atoms with Gasteiger partial charge in [0.15, 0.2) is 5.58 Å². The molecule has 1 aliphatic heterocycles. The first-order valence-corrected chi connectivity index (χ1v) is 12.3. The molecule has 0 bridgehead atoms. The minimum atomic E-state index is -0.494. The molecule has 1 aromatic heterocycles. The fourth-order valence-electron chi connectivity index (χ4n) is 4.09. The van der Waals surface area contributed by atoms with Gasteiger partial charge in [0.05, 0.1) is 10.9 Å². The largest absolute Gasteiger partial charge is 0.436 e. The molecule has 3 aromatic carbocycles. The molecule has 2 heterocycles. The summed E-state index contributed by atoms with van der Waals surface area (Å²) in [7, 11) is 0. The van der Waals surface area contributed by atoms with Crippen LogP contribution in [0.4, 0.5) is 11.4 Å². The van der Waals surface area contributed by atoms with E-state index in [0.29, 0.717) is 17.2 Å². The number of nitrogens with one attached hydrogen (secondary N) is 1. The molecule has 2 fully saturated rings. The summed E-state index contributed by atoms with van der Waals surface area (Å²) in [5.41, 5.74) is 3.51. The van der Waals surface area contributed by atoms with Gasteiger partial charge in [-0.25, -0.2) is 9.88 Å². The molecule has 4 aromatic rings. The molecule has 6 rings (SSSR count). The monoisotopic (exact) mass is 483 g/mol. The summed E-state index contributed by atoms with van der Waals surface area (Å²) in [6.45, 7) is 0. The predicted molar refractivity (Wildman–Crippen MR) is 134 cm³/mol. The van der Waals surface area contributed by atoms with E-state index in [4.69, 9.17) is 4.42 Å².